The highest BCUT2D eigenvalue weighted by molar-refractivity contribution is 5.91. The maximum absolute atomic E-state index is 13.9. The van der Waals surface area contributed by atoms with Crippen LogP contribution in [0.5, 0.6) is 0 Å². The first-order valence-corrected chi connectivity index (χ1v) is 8.50. The van der Waals surface area contributed by atoms with Gasteiger partial charge in [-0.15, -0.1) is 0 Å². The minimum Gasteiger partial charge on any atom is -0.396 e. The number of aromatic nitrogens is 2. The van der Waals surface area contributed by atoms with Crippen LogP contribution in [0.15, 0.2) is 24.3 Å². The topological polar surface area (TPSA) is 81.2 Å². The molecule has 134 valence electrons. The molecule has 0 unspecified atom stereocenters. The maximum atomic E-state index is 13.9. The highest BCUT2D eigenvalue weighted by atomic mass is 19.1. The third-order valence-electron chi connectivity index (χ3n) is 4.59. The van der Waals surface area contributed by atoms with Gasteiger partial charge in [0.1, 0.15) is 5.82 Å². The Balaban J connectivity index is 1.58. The summed E-state index contributed by atoms with van der Waals surface area (Å²) in [4.78, 5) is 14.2. The highest BCUT2D eigenvalue weighted by Gasteiger charge is 2.20. The molecule has 0 aliphatic carbocycles. The smallest absolute Gasteiger partial charge is 0.239 e. The molecule has 1 aromatic carbocycles. The molecule has 0 bridgehead atoms. The number of nitrogens with one attached hydrogen (secondary N) is 2. The monoisotopic (exact) mass is 346 g/mol. The molecule has 0 radical (unpaired) electrons. The van der Waals surface area contributed by atoms with Crippen LogP contribution in [0.1, 0.15) is 18.4 Å². The van der Waals surface area contributed by atoms with E-state index in [4.69, 9.17) is 5.11 Å². The van der Waals surface area contributed by atoms with Crippen molar-refractivity contribution < 1.29 is 14.3 Å². The molecular weight excluding hydrogens is 323 g/mol. The molecule has 25 heavy (non-hydrogen) atoms. The van der Waals surface area contributed by atoms with Crippen LogP contribution < -0.4 is 5.32 Å². The van der Waals surface area contributed by atoms with Crippen LogP contribution in [0, 0.1) is 18.7 Å². The number of hydrogen-bond donors (Lipinski definition) is 3. The van der Waals surface area contributed by atoms with Crippen molar-refractivity contribution in [2.45, 2.75) is 19.8 Å². The standard InChI is InChI=1S/C18H23FN4O2/c1-12-2-3-15(19)14(8-12)16-9-17(22-21-16)20-18(25)10-23-6-4-13(11-24)5-7-23/h2-3,8-9,13,24H,4-7,10-11H2,1H3,(H2,20,21,22,25). The number of piperidine rings is 1. The second-order valence-corrected chi connectivity index (χ2v) is 6.60. The van der Waals surface area contributed by atoms with Crippen molar-refractivity contribution >= 4 is 11.7 Å². The average Bonchev–Trinajstić information content (AvgIpc) is 3.05. The molecular formula is C18H23FN4O2. The van der Waals surface area contributed by atoms with E-state index in [1.54, 1.807) is 18.2 Å². The van der Waals surface area contributed by atoms with Gasteiger partial charge in [0.05, 0.1) is 12.2 Å². The number of nitrogens with zero attached hydrogens (tertiary/aromatic N) is 2. The molecule has 2 aromatic rings. The van der Waals surface area contributed by atoms with E-state index in [-0.39, 0.29) is 18.3 Å². The van der Waals surface area contributed by atoms with E-state index < -0.39 is 0 Å². The summed E-state index contributed by atoms with van der Waals surface area (Å²) >= 11 is 0. The molecule has 1 saturated heterocycles. The quantitative estimate of drug-likeness (QED) is 0.775. The molecule has 1 fully saturated rings. The summed E-state index contributed by atoms with van der Waals surface area (Å²) in [7, 11) is 0. The van der Waals surface area contributed by atoms with Gasteiger partial charge in [0.15, 0.2) is 5.82 Å². The van der Waals surface area contributed by atoms with Gasteiger partial charge in [0.2, 0.25) is 5.91 Å². The Morgan fingerprint density at radius 2 is 2.16 bits per heavy atom. The second-order valence-electron chi connectivity index (χ2n) is 6.60. The molecule has 0 atom stereocenters. The lowest BCUT2D eigenvalue weighted by atomic mass is 9.98. The van der Waals surface area contributed by atoms with E-state index in [9.17, 15) is 9.18 Å². The van der Waals surface area contributed by atoms with Crippen molar-refractivity contribution in [3.63, 3.8) is 0 Å². The molecule has 6 nitrogen and oxygen atoms in total. The molecule has 7 heteroatoms. The number of carbonyl (C=O) groups is 1. The normalized spacial score (nSPS) is 16.1. The predicted octanol–water partition coefficient (Wildman–Crippen LogP) is 2.17. The first kappa shape index (κ1) is 17.6. The van der Waals surface area contributed by atoms with Gasteiger partial charge in [-0.05, 0) is 50.9 Å². The van der Waals surface area contributed by atoms with Crippen LogP contribution in [-0.2, 0) is 4.79 Å². The SMILES string of the molecule is Cc1ccc(F)c(-c2cc(NC(=O)CN3CCC(CO)CC3)n[nH]2)c1. The first-order chi connectivity index (χ1) is 12.0. The summed E-state index contributed by atoms with van der Waals surface area (Å²) in [6, 6.07) is 6.49. The van der Waals surface area contributed by atoms with Crippen LogP contribution >= 0.6 is 0 Å². The molecule has 1 aliphatic rings. The largest absolute Gasteiger partial charge is 0.396 e. The van der Waals surface area contributed by atoms with Crippen molar-refractivity contribution in [3.8, 4) is 11.3 Å². The summed E-state index contributed by atoms with van der Waals surface area (Å²) in [6.07, 6.45) is 1.81. The summed E-state index contributed by atoms with van der Waals surface area (Å²) in [5, 5.41) is 18.7. The third kappa shape index (κ3) is 4.43. The van der Waals surface area contributed by atoms with Gasteiger partial charge >= 0.3 is 0 Å². The molecule has 1 aliphatic heterocycles. The number of aromatic amines is 1. The van der Waals surface area contributed by atoms with E-state index in [1.807, 2.05) is 6.92 Å². The van der Waals surface area contributed by atoms with E-state index in [0.29, 0.717) is 29.5 Å². The number of likely N-dealkylation sites (tertiary alicyclic amines) is 1. The van der Waals surface area contributed by atoms with Gasteiger partial charge in [-0.3, -0.25) is 14.8 Å². The number of hydrogen-bond acceptors (Lipinski definition) is 4. The van der Waals surface area contributed by atoms with Crippen molar-refractivity contribution in [1.29, 1.82) is 0 Å². The maximum Gasteiger partial charge on any atom is 0.239 e. The Bertz CT molecular complexity index is 738. The van der Waals surface area contributed by atoms with Crippen molar-refractivity contribution in [2.75, 3.05) is 31.6 Å². The fourth-order valence-corrected chi connectivity index (χ4v) is 3.08. The average molecular weight is 346 g/mol. The Kier molecular flexibility index (Phi) is 5.45. The number of benzene rings is 1. The molecule has 0 spiro atoms. The lowest BCUT2D eigenvalue weighted by molar-refractivity contribution is -0.117. The van der Waals surface area contributed by atoms with Gasteiger partial charge in [-0.2, -0.15) is 5.10 Å². The summed E-state index contributed by atoms with van der Waals surface area (Å²) in [5.41, 5.74) is 1.90. The summed E-state index contributed by atoms with van der Waals surface area (Å²) in [5.74, 6) is 0.243. The molecule has 1 amide bonds. The Labute approximate surface area is 146 Å². The third-order valence-corrected chi connectivity index (χ3v) is 4.59. The number of carbonyl (C=O) groups excluding carboxylic acids is 1. The minimum absolute atomic E-state index is 0.148. The van der Waals surface area contributed by atoms with Gasteiger partial charge in [0.25, 0.3) is 0 Å². The van der Waals surface area contributed by atoms with E-state index >= 15 is 0 Å². The van der Waals surface area contributed by atoms with E-state index in [0.717, 1.165) is 31.5 Å². The minimum atomic E-state index is -0.334. The van der Waals surface area contributed by atoms with Crippen molar-refractivity contribution in [1.82, 2.24) is 15.1 Å². The highest BCUT2D eigenvalue weighted by Crippen LogP contribution is 2.24. The van der Waals surface area contributed by atoms with Gasteiger partial charge in [-0.1, -0.05) is 11.6 Å². The van der Waals surface area contributed by atoms with E-state index in [2.05, 4.69) is 20.4 Å². The summed E-state index contributed by atoms with van der Waals surface area (Å²) < 4.78 is 13.9. The number of H-pyrrole nitrogens is 1. The zero-order valence-electron chi connectivity index (χ0n) is 14.3. The lowest BCUT2D eigenvalue weighted by Crippen LogP contribution is -2.39. The molecule has 0 saturated carbocycles. The lowest BCUT2D eigenvalue weighted by Gasteiger charge is -2.30. The number of aryl methyl sites for hydroxylation is 1. The Hall–Kier alpha value is -2.25. The summed E-state index contributed by atoms with van der Waals surface area (Å²) in [6.45, 7) is 4.00. The number of aliphatic hydroxyl groups is 1. The number of halogens is 1. The number of rotatable bonds is 5. The Morgan fingerprint density at radius 3 is 2.88 bits per heavy atom. The van der Waals surface area contributed by atoms with Gasteiger partial charge < -0.3 is 10.4 Å². The van der Waals surface area contributed by atoms with E-state index in [1.165, 1.54) is 6.07 Å². The van der Waals surface area contributed by atoms with Gasteiger partial charge in [0, 0.05) is 18.2 Å². The fraction of sp³-hybridized carbons (Fsp3) is 0.444. The zero-order chi connectivity index (χ0) is 17.8. The van der Waals surface area contributed by atoms with Crippen molar-refractivity contribution in [2.24, 2.45) is 5.92 Å². The van der Waals surface area contributed by atoms with Crippen LogP contribution in [0.2, 0.25) is 0 Å². The number of aliphatic hydroxyl groups excluding tert-OH is 1. The molecule has 1 aromatic heterocycles. The fourth-order valence-electron chi connectivity index (χ4n) is 3.08. The molecule has 3 rings (SSSR count). The number of anilines is 1. The number of amides is 1. The van der Waals surface area contributed by atoms with Crippen LogP contribution in [-0.4, -0.2) is 52.4 Å². The predicted molar refractivity (Wildman–Crippen MR) is 93.6 cm³/mol. The van der Waals surface area contributed by atoms with Gasteiger partial charge in [-0.25, -0.2) is 4.39 Å². The van der Waals surface area contributed by atoms with Crippen LogP contribution in [0.25, 0.3) is 11.3 Å². The first-order valence-electron chi connectivity index (χ1n) is 8.50. The van der Waals surface area contributed by atoms with Crippen LogP contribution in [0.3, 0.4) is 0 Å². The zero-order valence-corrected chi connectivity index (χ0v) is 14.3. The van der Waals surface area contributed by atoms with Crippen LogP contribution in [0.4, 0.5) is 10.2 Å². The Morgan fingerprint density at radius 1 is 1.40 bits per heavy atom. The molecule has 2 heterocycles. The molecule has 3 N–H and O–H groups in total. The second kappa shape index (κ2) is 7.76. The van der Waals surface area contributed by atoms with Crippen molar-refractivity contribution in [3.05, 3.63) is 35.6 Å².